The van der Waals surface area contributed by atoms with Crippen LogP contribution in [0, 0.1) is 10.8 Å². The highest BCUT2D eigenvalue weighted by atomic mass is 16.6. The van der Waals surface area contributed by atoms with E-state index in [2.05, 4.69) is 19.6 Å². The predicted molar refractivity (Wildman–Crippen MR) is 170 cm³/mol. The SMILES string of the molecule is C\C(C=C=C1C(C)(C)C[C@H](O)C[C@@]1(C)O)=C/C=C/C=C/C=C(C)/C=C1C=C(/C=C/[C@@]23O[C@]2(C)C[C@@H](O)CC3(C)C)C(=O)O/1. The van der Waals surface area contributed by atoms with Gasteiger partial charge in [-0.05, 0) is 87.5 Å². The van der Waals surface area contributed by atoms with E-state index in [0.717, 1.165) is 16.7 Å². The predicted octanol–water partition coefficient (Wildman–Crippen LogP) is 6.64. The summed E-state index contributed by atoms with van der Waals surface area (Å²) in [5.74, 6) is 0.105. The number of allylic oxidation sites excluding steroid dienone is 10. The van der Waals surface area contributed by atoms with Gasteiger partial charge >= 0.3 is 5.97 Å². The van der Waals surface area contributed by atoms with Gasteiger partial charge in [0.25, 0.3) is 0 Å². The lowest BCUT2D eigenvalue weighted by Crippen LogP contribution is -2.46. The molecule has 4 rings (SSSR count). The second-order valence-corrected chi connectivity index (χ2v) is 14.4. The van der Waals surface area contributed by atoms with Crippen molar-refractivity contribution in [3.05, 3.63) is 101 Å². The van der Waals surface area contributed by atoms with Gasteiger partial charge in [-0.2, -0.15) is 0 Å². The number of esters is 1. The number of rotatable bonds is 7. The van der Waals surface area contributed by atoms with Crippen LogP contribution in [0.15, 0.2) is 101 Å². The fourth-order valence-corrected chi connectivity index (χ4v) is 7.33. The summed E-state index contributed by atoms with van der Waals surface area (Å²) in [7, 11) is 0. The van der Waals surface area contributed by atoms with E-state index in [1.165, 1.54) is 0 Å². The van der Waals surface area contributed by atoms with Crippen molar-refractivity contribution in [3.8, 4) is 0 Å². The largest absolute Gasteiger partial charge is 0.423 e. The molecule has 2 aliphatic heterocycles. The molecule has 0 unspecified atom stereocenters. The van der Waals surface area contributed by atoms with Gasteiger partial charge < -0.3 is 24.8 Å². The second-order valence-electron chi connectivity index (χ2n) is 14.4. The molecule has 1 saturated heterocycles. The number of ether oxygens (including phenoxy) is 2. The summed E-state index contributed by atoms with van der Waals surface area (Å²) in [4.78, 5) is 12.5. The van der Waals surface area contributed by atoms with Gasteiger partial charge in [-0.3, -0.25) is 0 Å². The number of hydrogen-bond acceptors (Lipinski definition) is 6. The first-order valence-electron chi connectivity index (χ1n) is 15.2. The lowest BCUT2D eigenvalue weighted by atomic mass is 9.63. The van der Waals surface area contributed by atoms with Gasteiger partial charge in [0.2, 0.25) is 0 Å². The van der Waals surface area contributed by atoms with E-state index in [0.29, 0.717) is 37.0 Å². The minimum Gasteiger partial charge on any atom is -0.423 e. The van der Waals surface area contributed by atoms with Crippen molar-refractivity contribution in [1.82, 2.24) is 0 Å². The number of carbonyl (C=O) groups is 1. The highest BCUT2D eigenvalue weighted by Gasteiger charge is 2.74. The van der Waals surface area contributed by atoms with Crippen LogP contribution in [0.5, 0.6) is 0 Å². The first kappa shape index (κ1) is 32.9. The molecular formula is C37H48O6. The Bertz CT molecular complexity index is 1400. The Hall–Kier alpha value is -2.99. The maximum Gasteiger partial charge on any atom is 0.343 e. The summed E-state index contributed by atoms with van der Waals surface area (Å²) in [5.41, 5.74) is 3.94. The average Bonchev–Trinajstić information content (AvgIpc) is 3.32. The Labute approximate surface area is 256 Å². The van der Waals surface area contributed by atoms with E-state index in [1.54, 1.807) is 19.1 Å². The molecule has 2 aliphatic carbocycles. The molecule has 6 nitrogen and oxygen atoms in total. The molecule has 0 aromatic carbocycles. The van der Waals surface area contributed by atoms with Crippen molar-refractivity contribution in [2.24, 2.45) is 10.8 Å². The third kappa shape index (κ3) is 7.06. The smallest absolute Gasteiger partial charge is 0.343 e. The molecule has 4 aliphatic rings. The third-order valence-electron chi connectivity index (χ3n) is 9.21. The van der Waals surface area contributed by atoms with Gasteiger partial charge in [-0.15, -0.1) is 5.73 Å². The minimum atomic E-state index is -1.08. The van der Waals surface area contributed by atoms with E-state index in [-0.39, 0.29) is 22.9 Å². The number of fused-ring (bicyclic) bond motifs is 1. The maximum atomic E-state index is 12.5. The van der Waals surface area contributed by atoms with E-state index in [4.69, 9.17) is 9.47 Å². The minimum absolute atomic E-state index is 0.250. The molecule has 43 heavy (non-hydrogen) atoms. The molecular weight excluding hydrogens is 540 g/mol. The zero-order valence-corrected chi connectivity index (χ0v) is 26.9. The summed E-state index contributed by atoms with van der Waals surface area (Å²) in [6, 6.07) is 0. The number of aliphatic hydroxyl groups is 3. The molecule has 0 spiro atoms. The molecule has 3 N–H and O–H groups in total. The number of carbonyl (C=O) groups excluding carboxylic acids is 1. The van der Waals surface area contributed by atoms with Crippen LogP contribution in [-0.4, -0.2) is 50.3 Å². The quantitative estimate of drug-likeness (QED) is 0.134. The van der Waals surface area contributed by atoms with E-state index >= 15 is 0 Å². The highest BCUT2D eigenvalue weighted by molar-refractivity contribution is 5.95. The topological polar surface area (TPSA) is 99.5 Å². The fourth-order valence-electron chi connectivity index (χ4n) is 7.33. The molecule has 0 aromatic heterocycles. The normalized spacial score (nSPS) is 36.7. The molecule has 0 bridgehead atoms. The van der Waals surface area contributed by atoms with Crippen molar-refractivity contribution < 1.29 is 29.6 Å². The molecule has 2 heterocycles. The summed E-state index contributed by atoms with van der Waals surface area (Å²) in [5, 5.41) is 31.2. The van der Waals surface area contributed by atoms with Gasteiger partial charge in [0.05, 0.1) is 23.4 Å². The van der Waals surface area contributed by atoms with Gasteiger partial charge in [0, 0.05) is 23.8 Å². The number of hydrogen-bond donors (Lipinski definition) is 3. The van der Waals surface area contributed by atoms with Crippen molar-refractivity contribution in [2.75, 3.05) is 0 Å². The van der Waals surface area contributed by atoms with Gasteiger partial charge in [-0.1, -0.05) is 64.2 Å². The average molecular weight is 589 g/mol. The van der Waals surface area contributed by atoms with E-state index in [9.17, 15) is 20.1 Å². The summed E-state index contributed by atoms with van der Waals surface area (Å²) < 4.78 is 11.6. The monoisotopic (exact) mass is 588 g/mol. The van der Waals surface area contributed by atoms with Crippen molar-refractivity contribution in [2.45, 2.75) is 110 Å². The van der Waals surface area contributed by atoms with Crippen LogP contribution in [0.4, 0.5) is 0 Å². The Balaban J connectivity index is 1.36. The van der Waals surface area contributed by atoms with Crippen LogP contribution >= 0.6 is 0 Å². The van der Waals surface area contributed by atoms with Crippen molar-refractivity contribution >= 4 is 5.97 Å². The standard InChI is InChI=1S/C37H48O6/c1-25(15-16-31-33(3,4)21-28(38)23-35(31,7)41)13-11-9-10-12-14-26(2)19-30-20-27(32(40)42-30)17-18-37-34(5,6)22-29(39)24-36(37,8)43-37/h9-15,17-20,28-29,38-39,41H,21-24H2,1-8H3/b11-9+,12-10+,18-17+,25-13+,26-14+,30-19-/t16?,28-,29-,35+,36+,37-/m0/s1. The zero-order chi connectivity index (χ0) is 31.8. The Kier molecular flexibility index (Phi) is 9.06. The van der Waals surface area contributed by atoms with Crippen LogP contribution in [-0.2, 0) is 14.3 Å². The van der Waals surface area contributed by atoms with Crippen molar-refractivity contribution in [1.29, 1.82) is 0 Å². The Morgan fingerprint density at radius 2 is 1.53 bits per heavy atom. The molecule has 232 valence electrons. The van der Waals surface area contributed by atoms with Crippen LogP contribution in [0.1, 0.15) is 81.1 Å². The van der Waals surface area contributed by atoms with Gasteiger partial charge in [0.1, 0.15) is 17.0 Å². The molecule has 2 saturated carbocycles. The summed E-state index contributed by atoms with van der Waals surface area (Å²) >= 11 is 0. The van der Waals surface area contributed by atoms with E-state index < -0.39 is 22.9 Å². The van der Waals surface area contributed by atoms with Crippen molar-refractivity contribution in [3.63, 3.8) is 0 Å². The number of cyclic esters (lactones) is 1. The Morgan fingerprint density at radius 1 is 0.907 bits per heavy atom. The summed E-state index contributed by atoms with van der Waals surface area (Å²) in [6.45, 7) is 15.9. The lowest BCUT2D eigenvalue weighted by molar-refractivity contribution is -0.132. The van der Waals surface area contributed by atoms with E-state index in [1.807, 2.05) is 89.3 Å². The first-order valence-corrected chi connectivity index (χ1v) is 15.2. The molecule has 6 heteroatoms. The number of aliphatic hydroxyl groups excluding tert-OH is 2. The molecule has 0 radical (unpaired) electrons. The summed E-state index contributed by atoms with van der Waals surface area (Å²) in [6.07, 6.45) is 22.1. The molecule has 3 fully saturated rings. The van der Waals surface area contributed by atoms with Crippen LogP contribution in [0.3, 0.4) is 0 Å². The van der Waals surface area contributed by atoms with Crippen LogP contribution in [0.2, 0.25) is 0 Å². The maximum absolute atomic E-state index is 12.5. The van der Waals surface area contributed by atoms with Crippen LogP contribution in [0.25, 0.3) is 0 Å². The molecule has 5 atom stereocenters. The molecule has 0 aromatic rings. The first-order chi connectivity index (χ1) is 19.9. The molecule has 0 amide bonds. The Morgan fingerprint density at radius 3 is 2.16 bits per heavy atom. The third-order valence-corrected chi connectivity index (χ3v) is 9.21. The fraction of sp³-hybridized carbons (Fsp3) is 0.514. The van der Waals surface area contributed by atoms with Gasteiger partial charge in [-0.25, -0.2) is 4.79 Å². The van der Waals surface area contributed by atoms with Gasteiger partial charge in [0.15, 0.2) is 0 Å². The lowest BCUT2D eigenvalue weighted by Gasteiger charge is -2.43. The number of epoxide rings is 1. The highest BCUT2D eigenvalue weighted by Crippen LogP contribution is 2.66. The zero-order valence-electron chi connectivity index (χ0n) is 26.9. The van der Waals surface area contributed by atoms with Crippen LogP contribution < -0.4 is 0 Å². The second kappa shape index (κ2) is 11.8.